The first-order valence-corrected chi connectivity index (χ1v) is 11.2. The lowest BCUT2D eigenvalue weighted by Gasteiger charge is -2.35. The molecule has 1 aromatic rings. The zero-order valence-corrected chi connectivity index (χ0v) is 19.0. The summed E-state index contributed by atoms with van der Waals surface area (Å²) in [5, 5.41) is 3.93. The van der Waals surface area contributed by atoms with Gasteiger partial charge < -0.3 is 10.1 Å². The lowest BCUT2D eigenvalue weighted by atomic mass is 9.81. The van der Waals surface area contributed by atoms with E-state index in [-0.39, 0.29) is 17.3 Å². The van der Waals surface area contributed by atoms with Crippen LogP contribution in [0, 0.1) is 17.2 Å². The summed E-state index contributed by atoms with van der Waals surface area (Å²) in [6.45, 7) is 14.7. The Labute approximate surface area is 175 Å². The highest BCUT2D eigenvalue weighted by Gasteiger charge is 2.47. The molecule has 0 amide bonds. The van der Waals surface area contributed by atoms with Crippen LogP contribution in [-0.2, 0) is 0 Å². The number of rotatable bonds is 12. The molecule has 0 aromatic heterocycles. The molecule has 4 heteroatoms. The summed E-state index contributed by atoms with van der Waals surface area (Å²) in [5.41, 5.74) is 1.34. The molecule has 0 aliphatic heterocycles. The first-order chi connectivity index (χ1) is 13.2. The van der Waals surface area contributed by atoms with Crippen LogP contribution in [0.3, 0.4) is 0 Å². The van der Waals surface area contributed by atoms with Crippen LogP contribution in [0.1, 0.15) is 85.1 Å². The number of hydrogen-bond donors (Lipinski definition) is 1. The van der Waals surface area contributed by atoms with Crippen LogP contribution in [0.15, 0.2) is 18.7 Å². The maximum Gasteiger partial charge on any atom is 0.175 e. The SMILES string of the molecule is C=C(NC(C(CCC)CCCC)C1(C)CC1)c1ccc(Cl)c(OC(C)C)c1F. The number of ether oxygens (including phenoxy) is 1. The fourth-order valence-electron chi connectivity index (χ4n) is 4.06. The van der Waals surface area contributed by atoms with Crippen LogP contribution < -0.4 is 10.1 Å². The Morgan fingerprint density at radius 1 is 1.25 bits per heavy atom. The second kappa shape index (κ2) is 10.0. The highest BCUT2D eigenvalue weighted by molar-refractivity contribution is 6.32. The van der Waals surface area contributed by atoms with Crippen LogP contribution >= 0.6 is 11.6 Å². The van der Waals surface area contributed by atoms with E-state index in [1.54, 1.807) is 12.1 Å². The number of nitrogens with one attached hydrogen (secondary N) is 1. The van der Waals surface area contributed by atoms with Gasteiger partial charge in [0.1, 0.15) is 0 Å². The highest BCUT2D eigenvalue weighted by atomic mass is 35.5. The van der Waals surface area contributed by atoms with Crippen molar-refractivity contribution in [3.8, 4) is 5.75 Å². The van der Waals surface area contributed by atoms with Gasteiger partial charge in [0.2, 0.25) is 0 Å². The summed E-state index contributed by atoms with van der Waals surface area (Å²) >= 11 is 6.17. The predicted octanol–water partition coefficient (Wildman–Crippen LogP) is 7.60. The van der Waals surface area contributed by atoms with Gasteiger partial charge >= 0.3 is 0 Å². The highest BCUT2D eigenvalue weighted by Crippen LogP contribution is 2.52. The summed E-state index contributed by atoms with van der Waals surface area (Å²) in [5.74, 6) is 0.261. The predicted molar refractivity (Wildman–Crippen MR) is 118 cm³/mol. The van der Waals surface area contributed by atoms with Gasteiger partial charge in [-0.25, -0.2) is 4.39 Å². The zero-order chi connectivity index (χ0) is 20.9. The van der Waals surface area contributed by atoms with Crippen molar-refractivity contribution in [2.75, 3.05) is 0 Å². The quantitative estimate of drug-likeness (QED) is 0.383. The summed E-state index contributed by atoms with van der Waals surface area (Å²) in [6, 6.07) is 3.71. The second-order valence-corrected chi connectivity index (χ2v) is 9.26. The Morgan fingerprint density at radius 2 is 1.93 bits per heavy atom. The minimum Gasteiger partial charge on any atom is -0.486 e. The molecule has 158 valence electrons. The Hall–Kier alpha value is -1.22. The molecule has 1 aliphatic rings. The molecule has 2 rings (SSSR count). The van der Waals surface area contributed by atoms with Crippen molar-refractivity contribution in [3.05, 3.63) is 35.1 Å². The van der Waals surface area contributed by atoms with E-state index < -0.39 is 5.82 Å². The average Bonchev–Trinajstić information content (AvgIpc) is 3.38. The Bertz CT molecular complexity index is 669. The third kappa shape index (κ3) is 5.65. The Kier molecular flexibility index (Phi) is 8.24. The zero-order valence-electron chi connectivity index (χ0n) is 18.2. The summed E-state index contributed by atoms with van der Waals surface area (Å²) < 4.78 is 20.8. The third-order valence-corrected chi connectivity index (χ3v) is 6.20. The monoisotopic (exact) mass is 409 g/mol. The molecule has 28 heavy (non-hydrogen) atoms. The normalized spacial score (nSPS) is 17.3. The molecule has 0 radical (unpaired) electrons. The number of hydrogen-bond acceptors (Lipinski definition) is 2. The van der Waals surface area contributed by atoms with Gasteiger partial charge in [0.15, 0.2) is 11.6 Å². The maximum absolute atomic E-state index is 15.1. The van der Waals surface area contributed by atoms with Crippen molar-refractivity contribution in [1.29, 1.82) is 0 Å². The molecular formula is C24H37ClFNO. The molecule has 2 nitrogen and oxygen atoms in total. The van der Waals surface area contributed by atoms with Gasteiger partial charge in [0.25, 0.3) is 0 Å². The summed E-state index contributed by atoms with van der Waals surface area (Å²) in [7, 11) is 0. The first kappa shape index (κ1) is 23.1. The smallest absolute Gasteiger partial charge is 0.175 e. The van der Waals surface area contributed by atoms with Gasteiger partial charge in [-0.15, -0.1) is 0 Å². The lowest BCUT2D eigenvalue weighted by Crippen LogP contribution is -2.41. The molecule has 1 fully saturated rings. The lowest BCUT2D eigenvalue weighted by molar-refractivity contribution is 0.230. The largest absolute Gasteiger partial charge is 0.486 e. The van der Waals surface area contributed by atoms with E-state index >= 15 is 4.39 Å². The van der Waals surface area contributed by atoms with Gasteiger partial charge in [-0.3, -0.25) is 0 Å². The van der Waals surface area contributed by atoms with Crippen molar-refractivity contribution in [2.45, 2.75) is 91.7 Å². The van der Waals surface area contributed by atoms with Crippen molar-refractivity contribution in [3.63, 3.8) is 0 Å². The molecule has 2 unspecified atom stereocenters. The van der Waals surface area contributed by atoms with Gasteiger partial charge in [0.05, 0.1) is 11.1 Å². The Balaban J connectivity index is 2.26. The standard InChI is InChI=1S/C24H37ClFNO/c1-7-9-11-18(10-8-2)23(24(6)14-15-24)27-17(5)19-12-13-20(25)22(21(19)26)28-16(3)4/h12-13,16,18,23,27H,5,7-11,14-15H2,1-4,6H3. The second-order valence-electron chi connectivity index (χ2n) is 8.85. The van der Waals surface area contributed by atoms with E-state index in [0.29, 0.717) is 28.2 Å². The molecule has 1 aromatic carbocycles. The molecule has 1 N–H and O–H groups in total. The van der Waals surface area contributed by atoms with Crippen molar-refractivity contribution in [1.82, 2.24) is 5.32 Å². The van der Waals surface area contributed by atoms with Crippen LogP contribution in [-0.4, -0.2) is 12.1 Å². The van der Waals surface area contributed by atoms with Gasteiger partial charge in [-0.05, 0) is 63.0 Å². The molecule has 0 bridgehead atoms. The summed E-state index contributed by atoms with van der Waals surface area (Å²) in [6.07, 6.45) is 8.27. The van der Waals surface area contributed by atoms with Crippen LogP contribution in [0.4, 0.5) is 4.39 Å². The fourth-order valence-corrected chi connectivity index (χ4v) is 4.25. The number of halogens is 2. The number of unbranched alkanes of at least 4 members (excludes halogenated alkanes) is 1. The minimum absolute atomic E-state index is 0.113. The maximum atomic E-state index is 15.1. The van der Waals surface area contributed by atoms with E-state index in [0.717, 1.165) is 6.42 Å². The molecule has 1 aliphatic carbocycles. The van der Waals surface area contributed by atoms with Crippen LogP contribution in [0.25, 0.3) is 5.70 Å². The number of benzene rings is 1. The van der Waals surface area contributed by atoms with E-state index in [1.807, 2.05) is 13.8 Å². The first-order valence-electron chi connectivity index (χ1n) is 10.8. The molecular weight excluding hydrogens is 373 g/mol. The van der Waals surface area contributed by atoms with E-state index in [1.165, 1.54) is 38.5 Å². The molecule has 0 heterocycles. The topological polar surface area (TPSA) is 21.3 Å². The van der Waals surface area contributed by atoms with Gasteiger partial charge in [-0.2, -0.15) is 0 Å². The minimum atomic E-state index is -0.431. The van der Waals surface area contributed by atoms with E-state index in [2.05, 4.69) is 32.7 Å². The van der Waals surface area contributed by atoms with Gasteiger partial charge in [-0.1, -0.05) is 58.2 Å². The molecule has 0 saturated heterocycles. The average molecular weight is 410 g/mol. The molecule has 0 spiro atoms. The van der Waals surface area contributed by atoms with Crippen LogP contribution in [0.2, 0.25) is 5.02 Å². The van der Waals surface area contributed by atoms with Crippen molar-refractivity contribution in [2.24, 2.45) is 11.3 Å². The molecule has 1 saturated carbocycles. The van der Waals surface area contributed by atoms with E-state index in [4.69, 9.17) is 16.3 Å². The van der Waals surface area contributed by atoms with Crippen molar-refractivity contribution >= 4 is 17.3 Å². The van der Waals surface area contributed by atoms with Gasteiger partial charge in [0, 0.05) is 17.3 Å². The molecule has 2 atom stereocenters. The third-order valence-electron chi connectivity index (χ3n) is 5.91. The Morgan fingerprint density at radius 3 is 2.46 bits per heavy atom. The van der Waals surface area contributed by atoms with E-state index in [9.17, 15) is 0 Å². The van der Waals surface area contributed by atoms with Crippen molar-refractivity contribution < 1.29 is 9.13 Å². The fraction of sp³-hybridized carbons (Fsp3) is 0.667. The summed E-state index contributed by atoms with van der Waals surface area (Å²) in [4.78, 5) is 0. The van der Waals surface area contributed by atoms with Crippen LogP contribution in [0.5, 0.6) is 5.75 Å².